The van der Waals surface area contributed by atoms with Gasteiger partial charge in [0.1, 0.15) is 0 Å². The van der Waals surface area contributed by atoms with Crippen LogP contribution in [0.1, 0.15) is 32.1 Å². The average Bonchev–Trinajstić information content (AvgIpc) is 3.38. The molecule has 1 saturated carbocycles. The van der Waals surface area contributed by atoms with E-state index in [9.17, 15) is 9.59 Å². The number of carbonyl (C=O) groups is 2. The Bertz CT molecular complexity index is 570. The van der Waals surface area contributed by atoms with Gasteiger partial charge < -0.3 is 34.1 Å². The third-order valence-electron chi connectivity index (χ3n) is 5.34. The second-order valence-corrected chi connectivity index (χ2v) is 7.54. The molecule has 0 saturated heterocycles. The lowest BCUT2D eigenvalue weighted by molar-refractivity contribution is -0.138. The van der Waals surface area contributed by atoms with Crippen molar-refractivity contribution < 1.29 is 38.4 Å². The van der Waals surface area contributed by atoms with E-state index in [4.69, 9.17) is 28.8 Å². The fourth-order valence-corrected chi connectivity index (χ4v) is 3.65. The molecule has 2 aliphatic carbocycles. The lowest BCUT2D eigenvalue weighted by atomic mass is 10.1. The van der Waals surface area contributed by atoms with E-state index in [0.29, 0.717) is 77.2 Å². The van der Waals surface area contributed by atoms with Crippen molar-refractivity contribution in [2.75, 3.05) is 66.0 Å². The fourth-order valence-electron chi connectivity index (χ4n) is 3.65. The molecule has 1 fully saturated rings. The lowest BCUT2D eigenvalue weighted by Gasteiger charge is -2.08. The van der Waals surface area contributed by atoms with Crippen molar-refractivity contribution >= 4 is 12.1 Å². The Morgan fingerprint density at radius 1 is 0.806 bits per heavy atom. The topological polar surface area (TPSA) is 113 Å². The van der Waals surface area contributed by atoms with Crippen LogP contribution in [0.2, 0.25) is 0 Å². The monoisotopic (exact) mass is 441 g/mol. The predicted molar refractivity (Wildman–Crippen MR) is 112 cm³/mol. The van der Waals surface area contributed by atoms with E-state index < -0.39 is 5.97 Å². The van der Waals surface area contributed by atoms with Gasteiger partial charge in [-0.15, -0.1) is 11.8 Å². The summed E-state index contributed by atoms with van der Waals surface area (Å²) >= 11 is 0. The van der Waals surface area contributed by atoms with E-state index in [1.54, 1.807) is 0 Å². The molecule has 0 aromatic carbocycles. The highest BCUT2D eigenvalue weighted by atomic mass is 16.6. The molecule has 0 radical (unpaired) electrons. The lowest BCUT2D eigenvalue weighted by Crippen LogP contribution is -2.29. The van der Waals surface area contributed by atoms with Crippen molar-refractivity contribution in [3.63, 3.8) is 0 Å². The minimum Gasteiger partial charge on any atom is -0.481 e. The Kier molecular flexibility index (Phi) is 13.0. The van der Waals surface area contributed by atoms with Gasteiger partial charge in [0.05, 0.1) is 65.9 Å². The van der Waals surface area contributed by atoms with Crippen LogP contribution in [0, 0.1) is 29.6 Å². The van der Waals surface area contributed by atoms with Crippen LogP contribution in [-0.4, -0.2) is 83.2 Å². The van der Waals surface area contributed by atoms with Gasteiger partial charge >= 0.3 is 12.1 Å². The number of carboxylic acid groups (broad SMARTS) is 1. The molecule has 2 aliphatic rings. The zero-order valence-electron chi connectivity index (χ0n) is 18.1. The molecule has 0 bridgehead atoms. The highest BCUT2D eigenvalue weighted by molar-refractivity contribution is 5.67. The van der Waals surface area contributed by atoms with Crippen LogP contribution < -0.4 is 5.32 Å². The smallest absolute Gasteiger partial charge is 0.407 e. The molecule has 1 amide bonds. The first-order valence-electron chi connectivity index (χ1n) is 11.1. The van der Waals surface area contributed by atoms with Crippen LogP contribution in [0.3, 0.4) is 0 Å². The van der Waals surface area contributed by atoms with Crippen molar-refractivity contribution in [1.82, 2.24) is 5.32 Å². The maximum Gasteiger partial charge on any atom is 0.407 e. The van der Waals surface area contributed by atoms with Crippen LogP contribution in [0.4, 0.5) is 4.79 Å². The van der Waals surface area contributed by atoms with Gasteiger partial charge in [-0.2, -0.15) is 0 Å². The largest absolute Gasteiger partial charge is 0.481 e. The number of rotatable bonds is 17. The number of carboxylic acids is 1. The number of amides is 1. The van der Waals surface area contributed by atoms with Crippen molar-refractivity contribution in [2.45, 2.75) is 32.1 Å². The maximum atomic E-state index is 11.8. The molecular formula is C22H35NO8. The van der Waals surface area contributed by atoms with Gasteiger partial charge in [0.15, 0.2) is 0 Å². The number of hydrogen-bond donors (Lipinski definition) is 2. The fraction of sp³-hybridized carbons (Fsp3) is 0.818. The molecule has 0 heterocycles. The van der Waals surface area contributed by atoms with Gasteiger partial charge in [-0.05, 0) is 30.6 Å². The summed E-state index contributed by atoms with van der Waals surface area (Å²) in [5.41, 5.74) is 0. The summed E-state index contributed by atoms with van der Waals surface area (Å²) in [5, 5.41) is 11.2. The number of ether oxygens (including phenoxy) is 5. The second kappa shape index (κ2) is 15.9. The number of hydrogen-bond acceptors (Lipinski definition) is 7. The Labute approximate surface area is 184 Å². The van der Waals surface area contributed by atoms with Gasteiger partial charge in [-0.1, -0.05) is 0 Å². The van der Waals surface area contributed by atoms with E-state index >= 15 is 0 Å². The number of aliphatic carboxylic acids is 1. The molecule has 176 valence electrons. The SMILES string of the molecule is O=C(O)CCOCCOCCOCCOCCNC(=O)OCC1C2CCC#CCCC21. The van der Waals surface area contributed by atoms with E-state index in [1.165, 1.54) is 0 Å². The second-order valence-electron chi connectivity index (χ2n) is 7.54. The summed E-state index contributed by atoms with van der Waals surface area (Å²) in [5.74, 6) is 7.34. The molecule has 0 aromatic heterocycles. The van der Waals surface area contributed by atoms with E-state index in [1.807, 2.05) is 0 Å². The first-order chi connectivity index (χ1) is 15.2. The molecule has 0 aromatic rings. The Balaban J connectivity index is 1.29. The van der Waals surface area contributed by atoms with Crippen LogP contribution in [0.15, 0.2) is 0 Å². The summed E-state index contributed by atoms with van der Waals surface area (Å²) in [6, 6.07) is 0. The zero-order chi connectivity index (χ0) is 22.2. The summed E-state index contributed by atoms with van der Waals surface area (Å²) in [6.45, 7) is 4.00. The predicted octanol–water partition coefficient (Wildman–Crippen LogP) is 1.69. The molecule has 9 heteroatoms. The molecule has 2 N–H and O–H groups in total. The Hall–Kier alpha value is -1.86. The van der Waals surface area contributed by atoms with Gasteiger partial charge in [0.25, 0.3) is 0 Å². The van der Waals surface area contributed by atoms with E-state index in [-0.39, 0.29) is 19.1 Å². The zero-order valence-corrected chi connectivity index (χ0v) is 18.1. The van der Waals surface area contributed by atoms with E-state index in [2.05, 4.69) is 17.2 Å². The summed E-state index contributed by atoms with van der Waals surface area (Å²) in [4.78, 5) is 22.1. The molecule has 2 atom stereocenters. The molecule has 2 rings (SSSR count). The quantitative estimate of drug-likeness (QED) is 0.259. The van der Waals surface area contributed by atoms with Crippen molar-refractivity contribution in [1.29, 1.82) is 0 Å². The van der Waals surface area contributed by atoms with Crippen molar-refractivity contribution in [3.05, 3.63) is 0 Å². The minimum atomic E-state index is -0.875. The molecule has 0 aliphatic heterocycles. The van der Waals surface area contributed by atoms with Crippen LogP contribution in [-0.2, 0) is 28.5 Å². The normalized spacial score (nSPS) is 21.7. The molecular weight excluding hydrogens is 406 g/mol. The number of fused-ring (bicyclic) bond motifs is 1. The molecule has 2 unspecified atom stereocenters. The first kappa shape index (κ1) is 25.4. The minimum absolute atomic E-state index is 0.00267. The van der Waals surface area contributed by atoms with Gasteiger partial charge in [0.2, 0.25) is 0 Å². The van der Waals surface area contributed by atoms with Crippen LogP contribution in [0.5, 0.6) is 0 Å². The van der Waals surface area contributed by atoms with Crippen LogP contribution in [0.25, 0.3) is 0 Å². The third kappa shape index (κ3) is 11.9. The average molecular weight is 442 g/mol. The van der Waals surface area contributed by atoms with Gasteiger partial charge in [-0.25, -0.2) is 4.79 Å². The van der Waals surface area contributed by atoms with Crippen LogP contribution >= 0.6 is 0 Å². The molecule has 0 spiro atoms. The molecule has 9 nitrogen and oxygen atoms in total. The standard InChI is InChI=1S/C22H35NO8/c24-21(25)7-9-27-11-13-29-15-16-30-14-12-28-10-8-23-22(26)31-17-20-18-5-3-1-2-4-6-19(18)20/h18-20H,3-17H2,(H,23,26)(H,24,25). The summed E-state index contributed by atoms with van der Waals surface area (Å²) < 4.78 is 26.5. The summed E-state index contributed by atoms with van der Waals surface area (Å²) in [6.07, 6.45) is 3.78. The Morgan fingerprint density at radius 3 is 1.87 bits per heavy atom. The number of alkyl carbamates (subject to hydrolysis) is 1. The number of nitrogens with one attached hydrogen (secondary N) is 1. The van der Waals surface area contributed by atoms with Gasteiger partial charge in [0, 0.05) is 19.4 Å². The van der Waals surface area contributed by atoms with E-state index in [0.717, 1.165) is 25.7 Å². The maximum absolute atomic E-state index is 11.8. The van der Waals surface area contributed by atoms with Crippen molar-refractivity contribution in [2.24, 2.45) is 17.8 Å². The third-order valence-corrected chi connectivity index (χ3v) is 5.34. The number of carbonyl (C=O) groups excluding carboxylic acids is 1. The van der Waals surface area contributed by atoms with Crippen molar-refractivity contribution in [3.8, 4) is 11.8 Å². The Morgan fingerprint density at radius 2 is 1.32 bits per heavy atom. The summed E-state index contributed by atoms with van der Waals surface area (Å²) in [7, 11) is 0. The van der Waals surface area contributed by atoms with Gasteiger partial charge in [-0.3, -0.25) is 4.79 Å². The molecule has 31 heavy (non-hydrogen) atoms. The highest BCUT2D eigenvalue weighted by Gasteiger charge is 2.49. The highest BCUT2D eigenvalue weighted by Crippen LogP contribution is 2.52. The first-order valence-corrected chi connectivity index (χ1v) is 11.1.